The molecule has 2 aromatic carbocycles. The summed E-state index contributed by atoms with van der Waals surface area (Å²) in [5.41, 5.74) is 1.45. The maximum Gasteiger partial charge on any atom is 0.335 e. The molecule has 3 rings (SSSR count). The fourth-order valence-electron chi connectivity index (χ4n) is 3.66. The van der Waals surface area contributed by atoms with E-state index in [0.29, 0.717) is 11.5 Å². The summed E-state index contributed by atoms with van der Waals surface area (Å²) >= 11 is 0. The monoisotopic (exact) mass is 312 g/mol. The van der Waals surface area contributed by atoms with Crippen molar-refractivity contribution in [3.8, 4) is 0 Å². The van der Waals surface area contributed by atoms with Gasteiger partial charge < -0.3 is 10.2 Å². The molecule has 1 saturated carbocycles. The Morgan fingerprint density at radius 1 is 0.957 bits per heavy atom. The molecule has 2 aromatic rings. The summed E-state index contributed by atoms with van der Waals surface area (Å²) in [5, 5.41) is 20.4. The molecule has 4 heteroatoms. The van der Waals surface area contributed by atoms with Crippen molar-refractivity contribution in [3.05, 3.63) is 47.0 Å². The molecular formula is C19H20O4. The lowest BCUT2D eigenvalue weighted by molar-refractivity contribution is 0.0684. The van der Waals surface area contributed by atoms with E-state index in [1.807, 2.05) is 0 Å². The Morgan fingerprint density at radius 2 is 1.65 bits per heavy atom. The molecule has 120 valence electrons. The van der Waals surface area contributed by atoms with E-state index in [-0.39, 0.29) is 11.5 Å². The SMILES string of the molecule is CC1CCC(c2c(C(=O)O)ccc3cc(C(=O)O)ccc23)CC1. The fraction of sp³-hybridized carbons (Fsp3) is 0.368. The average molecular weight is 312 g/mol. The minimum Gasteiger partial charge on any atom is -0.478 e. The van der Waals surface area contributed by atoms with Gasteiger partial charge in [0, 0.05) is 0 Å². The summed E-state index contributed by atoms with van der Waals surface area (Å²) in [6, 6.07) is 8.27. The van der Waals surface area contributed by atoms with Crippen molar-refractivity contribution in [2.24, 2.45) is 5.92 Å². The molecule has 1 fully saturated rings. The predicted octanol–water partition coefficient (Wildman–Crippen LogP) is 4.53. The van der Waals surface area contributed by atoms with Crippen molar-refractivity contribution in [1.82, 2.24) is 0 Å². The second-order valence-corrected chi connectivity index (χ2v) is 6.53. The number of carbonyl (C=O) groups is 2. The predicted molar refractivity (Wildman–Crippen MR) is 88.2 cm³/mol. The van der Waals surface area contributed by atoms with Crippen LogP contribution < -0.4 is 0 Å². The van der Waals surface area contributed by atoms with Crippen LogP contribution in [0, 0.1) is 5.92 Å². The Hall–Kier alpha value is -2.36. The summed E-state index contributed by atoms with van der Waals surface area (Å²) in [4.78, 5) is 22.8. The Kier molecular flexibility index (Phi) is 4.07. The van der Waals surface area contributed by atoms with Gasteiger partial charge in [-0.1, -0.05) is 31.9 Å². The quantitative estimate of drug-likeness (QED) is 0.873. The smallest absolute Gasteiger partial charge is 0.335 e. The van der Waals surface area contributed by atoms with Gasteiger partial charge >= 0.3 is 11.9 Å². The van der Waals surface area contributed by atoms with Gasteiger partial charge in [0.15, 0.2) is 0 Å². The van der Waals surface area contributed by atoms with Crippen molar-refractivity contribution >= 4 is 22.7 Å². The molecule has 4 nitrogen and oxygen atoms in total. The summed E-state index contributed by atoms with van der Waals surface area (Å²) in [6.07, 6.45) is 4.18. The highest BCUT2D eigenvalue weighted by atomic mass is 16.4. The topological polar surface area (TPSA) is 74.6 Å². The first-order valence-electron chi connectivity index (χ1n) is 8.00. The molecule has 0 amide bonds. The zero-order valence-electron chi connectivity index (χ0n) is 13.1. The summed E-state index contributed by atoms with van der Waals surface area (Å²) < 4.78 is 0. The van der Waals surface area contributed by atoms with E-state index >= 15 is 0 Å². The second kappa shape index (κ2) is 6.03. The van der Waals surface area contributed by atoms with Crippen LogP contribution in [0.1, 0.15) is 64.8 Å². The third-order valence-corrected chi connectivity index (χ3v) is 4.96. The number of rotatable bonds is 3. The molecule has 0 heterocycles. The molecule has 1 aliphatic carbocycles. The Balaban J connectivity index is 2.16. The van der Waals surface area contributed by atoms with Crippen LogP contribution in [0.2, 0.25) is 0 Å². The van der Waals surface area contributed by atoms with Crippen LogP contribution >= 0.6 is 0 Å². The molecular weight excluding hydrogens is 292 g/mol. The lowest BCUT2D eigenvalue weighted by Crippen LogP contribution is -2.15. The van der Waals surface area contributed by atoms with E-state index in [2.05, 4.69) is 6.92 Å². The highest BCUT2D eigenvalue weighted by Crippen LogP contribution is 2.40. The van der Waals surface area contributed by atoms with Gasteiger partial charge in [-0.25, -0.2) is 9.59 Å². The third kappa shape index (κ3) is 2.93. The molecule has 0 unspecified atom stereocenters. The number of carboxylic acid groups (broad SMARTS) is 2. The highest BCUT2D eigenvalue weighted by molar-refractivity contribution is 6.01. The van der Waals surface area contributed by atoms with Crippen molar-refractivity contribution in [2.75, 3.05) is 0 Å². The van der Waals surface area contributed by atoms with Gasteiger partial charge in [0.25, 0.3) is 0 Å². The first-order chi connectivity index (χ1) is 11.0. The summed E-state index contributed by atoms with van der Waals surface area (Å²) in [5.74, 6) is -0.963. The van der Waals surface area contributed by atoms with Crippen LogP contribution in [0.15, 0.2) is 30.3 Å². The second-order valence-electron chi connectivity index (χ2n) is 6.53. The normalized spacial score (nSPS) is 21.3. The van der Waals surface area contributed by atoms with E-state index in [0.717, 1.165) is 42.0 Å². The van der Waals surface area contributed by atoms with E-state index in [4.69, 9.17) is 5.11 Å². The van der Waals surface area contributed by atoms with Gasteiger partial charge in [-0.05, 0) is 59.2 Å². The van der Waals surface area contributed by atoms with Crippen LogP contribution in [0.25, 0.3) is 10.8 Å². The van der Waals surface area contributed by atoms with E-state index in [9.17, 15) is 14.7 Å². The molecule has 0 atom stereocenters. The van der Waals surface area contributed by atoms with Gasteiger partial charge in [0.1, 0.15) is 0 Å². The zero-order valence-corrected chi connectivity index (χ0v) is 13.1. The lowest BCUT2D eigenvalue weighted by atomic mass is 9.76. The Labute approximate surface area is 134 Å². The number of hydrogen-bond acceptors (Lipinski definition) is 2. The molecule has 0 radical (unpaired) electrons. The molecule has 2 N–H and O–H groups in total. The number of aromatic carboxylic acids is 2. The third-order valence-electron chi connectivity index (χ3n) is 4.96. The molecule has 1 aliphatic rings. The van der Waals surface area contributed by atoms with Gasteiger partial charge in [0.2, 0.25) is 0 Å². The summed E-state index contributed by atoms with van der Waals surface area (Å²) in [6.45, 7) is 2.23. The van der Waals surface area contributed by atoms with Gasteiger partial charge in [-0.3, -0.25) is 0 Å². The van der Waals surface area contributed by atoms with Crippen LogP contribution in [0.3, 0.4) is 0 Å². The summed E-state index contributed by atoms with van der Waals surface area (Å²) in [7, 11) is 0. The molecule has 0 saturated heterocycles. The minimum absolute atomic E-state index is 0.226. The van der Waals surface area contributed by atoms with Crippen molar-refractivity contribution in [3.63, 3.8) is 0 Å². The Bertz CT molecular complexity index is 770. The van der Waals surface area contributed by atoms with Gasteiger partial charge in [-0.15, -0.1) is 0 Å². The van der Waals surface area contributed by atoms with Gasteiger partial charge in [-0.2, -0.15) is 0 Å². The maximum absolute atomic E-state index is 11.7. The Morgan fingerprint density at radius 3 is 2.26 bits per heavy atom. The number of benzene rings is 2. The molecule has 0 aromatic heterocycles. The van der Waals surface area contributed by atoms with Crippen molar-refractivity contribution in [2.45, 2.75) is 38.5 Å². The van der Waals surface area contributed by atoms with E-state index in [1.54, 1.807) is 30.3 Å². The number of fused-ring (bicyclic) bond motifs is 1. The highest BCUT2D eigenvalue weighted by Gasteiger charge is 2.26. The molecule has 0 spiro atoms. The number of carboxylic acids is 2. The van der Waals surface area contributed by atoms with Crippen LogP contribution in [0.5, 0.6) is 0 Å². The standard InChI is InChI=1S/C19H20O4/c1-11-2-4-12(5-3-11)17-15-8-7-14(18(20)21)10-13(15)6-9-16(17)19(22)23/h6-12H,2-5H2,1H3,(H,20,21)(H,22,23). The van der Waals surface area contributed by atoms with Crippen LogP contribution in [-0.2, 0) is 0 Å². The minimum atomic E-state index is -0.970. The molecule has 0 bridgehead atoms. The van der Waals surface area contributed by atoms with Crippen molar-refractivity contribution in [1.29, 1.82) is 0 Å². The average Bonchev–Trinajstić information content (AvgIpc) is 2.53. The first-order valence-corrected chi connectivity index (χ1v) is 8.00. The van der Waals surface area contributed by atoms with Crippen LogP contribution in [0.4, 0.5) is 0 Å². The van der Waals surface area contributed by atoms with Crippen molar-refractivity contribution < 1.29 is 19.8 Å². The number of hydrogen-bond donors (Lipinski definition) is 2. The lowest BCUT2D eigenvalue weighted by Gasteiger charge is -2.28. The fourth-order valence-corrected chi connectivity index (χ4v) is 3.66. The molecule has 0 aliphatic heterocycles. The zero-order chi connectivity index (χ0) is 16.6. The van der Waals surface area contributed by atoms with E-state index in [1.165, 1.54) is 0 Å². The van der Waals surface area contributed by atoms with Crippen LogP contribution in [-0.4, -0.2) is 22.2 Å². The molecule has 23 heavy (non-hydrogen) atoms. The largest absolute Gasteiger partial charge is 0.478 e. The van der Waals surface area contributed by atoms with E-state index < -0.39 is 11.9 Å². The van der Waals surface area contributed by atoms with Gasteiger partial charge in [0.05, 0.1) is 11.1 Å². The maximum atomic E-state index is 11.7. The first kappa shape index (κ1) is 15.5.